The average molecular weight is 261 g/mol. The van der Waals surface area contributed by atoms with Crippen LogP contribution in [0.3, 0.4) is 0 Å². The molecule has 0 bridgehead atoms. The van der Waals surface area contributed by atoms with Crippen LogP contribution in [-0.4, -0.2) is 10.9 Å². The number of carbonyl (C=O) groups excluding carboxylic acids is 1. The lowest BCUT2D eigenvalue weighted by atomic mass is 10.2. The minimum absolute atomic E-state index is 0.253. The number of anilines is 1. The maximum absolute atomic E-state index is 12.0. The summed E-state index contributed by atoms with van der Waals surface area (Å²) in [7, 11) is 0. The van der Waals surface area contributed by atoms with Crippen molar-refractivity contribution in [2.45, 2.75) is 13.8 Å². The maximum atomic E-state index is 12.0. The molecule has 0 unspecified atom stereocenters. The largest absolute Gasteiger partial charge is 0.322 e. The first-order valence-corrected chi connectivity index (χ1v) is 5.94. The molecule has 2 aromatic rings. The van der Waals surface area contributed by atoms with Gasteiger partial charge in [-0.15, -0.1) is 0 Å². The summed E-state index contributed by atoms with van der Waals surface area (Å²) < 4.78 is 0. The Morgan fingerprint density at radius 2 is 1.89 bits per heavy atom. The number of benzene rings is 1. The number of aromatic nitrogens is 1. The molecule has 0 fully saturated rings. The highest BCUT2D eigenvalue weighted by Gasteiger charge is 2.11. The number of rotatable bonds is 2. The second-order valence-corrected chi connectivity index (χ2v) is 4.53. The van der Waals surface area contributed by atoms with Crippen LogP contribution in [0.5, 0.6) is 0 Å². The first kappa shape index (κ1) is 12.6. The molecule has 0 aliphatic rings. The summed E-state index contributed by atoms with van der Waals surface area (Å²) in [5.74, 6) is -0.253. The van der Waals surface area contributed by atoms with E-state index in [9.17, 15) is 4.79 Å². The second-order valence-electron chi connectivity index (χ2n) is 4.13. The third-order valence-electron chi connectivity index (χ3n) is 2.54. The van der Waals surface area contributed by atoms with Gasteiger partial charge in [-0.2, -0.15) is 0 Å². The van der Waals surface area contributed by atoms with Gasteiger partial charge in [-0.05, 0) is 32.0 Å². The summed E-state index contributed by atoms with van der Waals surface area (Å²) in [5.41, 5.74) is 3.04. The highest BCUT2D eigenvalue weighted by atomic mass is 35.5. The van der Waals surface area contributed by atoms with Gasteiger partial charge in [0.1, 0.15) is 0 Å². The molecule has 0 saturated heterocycles. The molecule has 1 aromatic carbocycles. The number of nitrogens with one attached hydrogen (secondary N) is 1. The van der Waals surface area contributed by atoms with E-state index in [0.717, 1.165) is 16.9 Å². The standard InChI is InChI=1S/C14H13ClN2O/c1-9-3-5-11(6-4-9)17-14(18)12-8-16-10(2)7-13(12)15/h3-8H,1-2H3,(H,17,18). The Labute approximate surface area is 111 Å². The molecule has 0 spiro atoms. The summed E-state index contributed by atoms with van der Waals surface area (Å²) >= 11 is 6.02. The molecule has 1 amide bonds. The minimum Gasteiger partial charge on any atom is -0.322 e. The van der Waals surface area contributed by atoms with Gasteiger partial charge in [0.25, 0.3) is 5.91 Å². The summed E-state index contributed by atoms with van der Waals surface area (Å²) in [5, 5.41) is 3.19. The quantitative estimate of drug-likeness (QED) is 0.896. The maximum Gasteiger partial charge on any atom is 0.258 e. The van der Waals surface area contributed by atoms with Crippen molar-refractivity contribution in [1.29, 1.82) is 0 Å². The van der Waals surface area contributed by atoms with Crippen LogP contribution in [-0.2, 0) is 0 Å². The summed E-state index contributed by atoms with van der Waals surface area (Å²) in [6.45, 7) is 3.82. The summed E-state index contributed by atoms with van der Waals surface area (Å²) in [6.07, 6.45) is 1.49. The molecule has 1 N–H and O–H groups in total. The van der Waals surface area contributed by atoms with E-state index in [-0.39, 0.29) is 5.91 Å². The van der Waals surface area contributed by atoms with Gasteiger partial charge >= 0.3 is 0 Å². The topological polar surface area (TPSA) is 42.0 Å². The van der Waals surface area contributed by atoms with Crippen molar-refractivity contribution in [2.75, 3.05) is 5.32 Å². The van der Waals surface area contributed by atoms with Crippen molar-refractivity contribution in [1.82, 2.24) is 4.98 Å². The Morgan fingerprint density at radius 1 is 1.22 bits per heavy atom. The number of hydrogen-bond donors (Lipinski definition) is 1. The fourth-order valence-corrected chi connectivity index (χ4v) is 1.82. The van der Waals surface area contributed by atoms with Crippen molar-refractivity contribution in [2.24, 2.45) is 0 Å². The normalized spacial score (nSPS) is 10.2. The molecule has 0 atom stereocenters. The van der Waals surface area contributed by atoms with Crippen molar-refractivity contribution in [3.8, 4) is 0 Å². The monoisotopic (exact) mass is 260 g/mol. The molecule has 4 heteroatoms. The van der Waals surface area contributed by atoms with E-state index < -0.39 is 0 Å². The number of hydrogen-bond acceptors (Lipinski definition) is 2. The Bertz CT molecular complexity index is 579. The third-order valence-corrected chi connectivity index (χ3v) is 2.86. The zero-order chi connectivity index (χ0) is 13.1. The number of halogens is 1. The molecule has 1 aromatic heterocycles. The first-order valence-electron chi connectivity index (χ1n) is 5.56. The van der Waals surface area contributed by atoms with Gasteiger partial charge in [0, 0.05) is 17.6 Å². The molecular formula is C14H13ClN2O. The molecule has 92 valence electrons. The average Bonchev–Trinajstić information content (AvgIpc) is 2.32. The van der Waals surface area contributed by atoms with Crippen LogP contribution >= 0.6 is 11.6 Å². The number of carbonyl (C=O) groups is 1. The van der Waals surface area contributed by atoms with Crippen LogP contribution in [0.2, 0.25) is 5.02 Å². The molecule has 0 aliphatic carbocycles. The van der Waals surface area contributed by atoms with Gasteiger partial charge in [0.15, 0.2) is 0 Å². The molecule has 0 aliphatic heterocycles. The molecule has 18 heavy (non-hydrogen) atoms. The van der Waals surface area contributed by atoms with Crippen molar-refractivity contribution in [3.05, 3.63) is 58.4 Å². The second kappa shape index (κ2) is 5.19. The minimum atomic E-state index is -0.253. The lowest BCUT2D eigenvalue weighted by Crippen LogP contribution is -2.13. The first-order chi connectivity index (χ1) is 8.56. The molecule has 0 saturated carbocycles. The van der Waals surface area contributed by atoms with Crippen LogP contribution in [0.4, 0.5) is 5.69 Å². The third kappa shape index (κ3) is 2.87. The zero-order valence-corrected chi connectivity index (χ0v) is 11.0. The highest BCUT2D eigenvalue weighted by Crippen LogP contribution is 2.17. The smallest absolute Gasteiger partial charge is 0.258 e. The van der Waals surface area contributed by atoms with Gasteiger partial charge in [-0.3, -0.25) is 9.78 Å². The van der Waals surface area contributed by atoms with E-state index in [1.54, 1.807) is 6.07 Å². The number of aryl methyl sites for hydroxylation is 2. The van der Waals surface area contributed by atoms with E-state index >= 15 is 0 Å². The van der Waals surface area contributed by atoms with E-state index in [0.29, 0.717) is 10.6 Å². The Morgan fingerprint density at radius 3 is 2.50 bits per heavy atom. The van der Waals surface area contributed by atoms with Gasteiger partial charge in [-0.25, -0.2) is 0 Å². The summed E-state index contributed by atoms with van der Waals surface area (Å²) in [6, 6.07) is 9.24. The van der Waals surface area contributed by atoms with Gasteiger partial charge in [-0.1, -0.05) is 29.3 Å². The fraction of sp³-hybridized carbons (Fsp3) is 0.143. The van der Waals surface area contributed by atoms with E-state index in [1.807, 2.05) is 38.1 Å². The lowest BCUT2D eigenvalue weighted by Gasteiger charge is -2.07. The number of nitrogens with zero attached hydrogens (tertiary/aromatic N) is 1. The van der Waals surface area contributed by atoms with Crippen LogP contribution < -0.4 is 5.32 Å². The predicted molar refractivity (Wildman–Crippen MR) is 73.1 cm³/mol. The number of amides is 1. The predicted octanol–water partition coefficient (Wildman–Crippen LogP) is 3.60. The Kier molecular flexibility index (Phi) is 3.63. The van der Waals surface area contributed by atoms with Crippen LogP contribution in [0.1, 0.15) is 21.6 Å². The van der Waals surface area contributed by atoms with Gasteiger partial charge in [0.05, 0.1) is 10.6 Å². The molecule has 0 radical (unpaired) electrons. The number of pyridine rings is 1. The van der Waals surface area contributed by atoms with E-state index in [4.69, 9.17) is 11.6 Å². The SMILES string of the molecule is Cc1ccc(NC(=O)c2cnc(C)cc2Cl)cc1. The Hall–Kier alpha value is -1.87. The van der Waals surface area contributed by atoms with Crippen molar-refractivity contribution >= 4 is 23.2 Å². The molecule has 3 nitrogen and oxygen atoms in total. The molecular weight excluding hydrogens is 248 g/mol. The van der Waals surface area contributed by atoms with Crippen molar-refractivity contribution < 1.29 is 4.79 Å². The van der Waals surface area contributed by atoms with Crippen molar-refractivity contribution in [3.63, 3.8) is 0 Å². The molecule has 1 heterocycles. The van der Waals surface area contributed by atoms with E-state index in [2.05, 4.69) is 10.3 Å². The van der Waals surface area contributed by atoms with Crippen LogP contribution in [0, 0.1) is 13.8 Å². The van der Waals surface area contributed by atoms with Crippen LogP contribution in [0.25, 0.3) is 0 Å². The Balaban J connectivity index is 2.19. The van der Waals surface area contributed by atoms with Gasteiger partial charge in [0.2, 0.25) is 0 Å². The van der Waals surface area contributed by atoms with Crippen LogP contribution in [0.15, 0.2) is 36.5 Å². The lowest BCUT2D eigenvalue weighted by molar-refractivity contribution is 0.102. The fourth-order valence-electron chi connectivity index (χ4n) is 1.53. The molecule has 2 rings (SSSR count). The zero-order valence-electron chi connectivity index (χ0n) is 10.2. The highest BCUT2D eigenvalue weighted by molar-refractivity contribution is 6.34. The van der Waals surface area contributed by atoms with Gasteiger partial charge < -0.3 is 5.32 Å². The summed E-state index contributed by atoms with van der Waals surface area (Å²) in [4.78, 5) is 16.1. The van der Waals surface area contributed by atoms with E-state index in [1.165, 1.54) is 6.20 Å².